The van der Waals surface area contributed by atoms with Crippen molar-refractivity contribution in [2.75, 3.05) is 0 Å². The first-order chi connectivity index (χ1) is 0. The van der Waals surface area contributed by atoms with Gasteiger partial charge in [0.2, 0.25) is 0 Å². The predicted octanol–water partition coefficient (Wildman–Crippen LogP) is -4.85. The van der Waals surface area contributed by atoms with Crippen LogP contribution in [0.5, 0.6) is 0 Å². The Morgan fingerprint density at radius 1 is 1.00 bits per heavy atom. The molecule has 0 heterocycles. The minimum atomic E-state index is 0. The number of rotatable bonds is 0. The van der Waals surface area contributed by atoms with Crippen LogP contribution >= 0.6 is 0 Å². The summed E-state index contributed by atoms with van der Waals surface area (Å²) in [6, 6.07) is 0. The van der Waals surface area contributed by atoms with Crippen molar-refractivity contribution in [1.82, 2.24) is 0 Å². The minimum absolute atomic E-state index is 0. The van der Waals surface area contributed by atoms with Gasteiger partial charge in [-0.15, -0.1) is 0 Å². The molecule has 44 valence electrons. The van der Waals surface area contributed by atoms with Crippen molar-refractivity contribution in [1.29, 1.82) is 0 Å². The molecular formula is H11AgAlCaLaPbSeSn. The van der Waals surface area contributed by atoms with E-state index in [4.69, 9.17) is 0 Å². The molecule has 0 bridgehead atoms. The average Bonchev–Trinajstić information content (AvgIpc) is 0. The summed E-state index contributed by atoms with van der Waals surface area (Å²) in [4.78, 5) is 0. The summed E-state index contributed by atoms with van der Waals surface area (Å²) in [6.45, 7) is 0. The van der Waals surface area contributed by atoms with Crippen molar-refractivity contribution in [3.05, 3.63) is 0 Å². The molecule has 0 aromatic heterocycles. The predicted molar refractivity (Wildman–Crippen MR) is 44.1 cm³/mol. The van der Waals surface area contributed by atoms with Crippen molar-refractivity contribution in [3.8, 4) is 0 Å². The Bertz CT molecular complexity index is 19.7. The third-order valence-corrected chi connectivity index (χ3v) is 0. The summed E-state index contributed by atoms with van der Waals surface area (Å²) in [5.41, 5.74) is 0. The SMILES string of the molecule is [Ag].[AlH3].[CaH2].[La].[PbH2].[SeH2].[SnH2]. The maximum absolute atomic E-state index is 0. The van der Waals surface area contributed by atoms with Gasteiger partial charge in [0.05, 0.1) is 0 Å². The average molecular weight is 730 g/mol. The second kappa shape index (κ2) is 40.4. The Labute approximate surface area is 176 Å². The molecule has 0 amide bonds. The molecule has 0 fully saturated rings. The molecule has 0 atom stereocenters. The van der Waals surface area contributed by atoms with Gasteiger partial charge in [-0.3, -0.25) is 0 Å². The molecule has 0 rings (SSSR count). The molecule has 0 unspecified atom stereocenters. The van der Waals surface area contributed by atoms with E-state index in [0.717, 1.165) is 0 Å². The van der Waals surface area contributed by atoms with Gasteiger partial charge in [0.15, 0.2) is 17.4 Å². The molecule has 0 N–H and O–H groups in total. The Balaban J connectivity index is 0. The number of hydrogen-bond acceptors (Lipinski definition) is 0. The molecular weight excluding hydrogens is 719 g/mol. The van der Waals surface area contributed by atoms with E-state index in [-0.39, 0.29) is 181 Å². The molecule has 0 aliphatic rings. The summed E-state index contributed by atoms with van der Waals surface area (Å²) in [5, 5.41) is 0. The van der Waals surface area contributed by atoms with E-state index in [9.17, 15) is 0 Å². The van der Waals surface area contributed by atoms with Crippen LogP contribution in [-0.4, -0.2) is 123 Å². The summed E-state index contributed by atoms with van der Waals surface area (Å²) in [5.74, 6) is 0. The van der Waals surface area contributed by atoms with E-state index in [2.05, 4.69) is 0 Å². The third kappa shape index (κ3) is 33.4. The zero-order chi connectivity index (χ0) is 0. The van der Waals surface area contributed by atoms with Crippen LogP contribution in [0.1, 0.15) is 0 Å². The second-order valence-electron chi connectivity index (χ2n) is 0. The molecule has 0 spiro atoms. The van der Waals surface area contributed by atoms with Crippen molar-refractivity contribution < 1.29 is 58.0 Å². The third-order valence-electron chi connectivity index (χ3n) is 0. The molecule has 0 saturated heterocycles. The molecule has 0 aromatic carbocycles. The molecule has 6 radical (unpaired) electrons. The van der Waals surface area contributed by atoms with Crippen LogP contribution in [0.4, 0.5) is 0 Å². The molecule has 7 heavy (non-hydrogen) atoms. The van der Waals surface area contributed by atoms with Gasteiger partial charge in [-0.25, -0.2) is 0 Å². The first-order valence-electron chi connectivity index (χ1n) is 0. The molecule has 0 saturated carbocycles. The van der Waals surface area contributed by atoms with E-state index in [1.807, 2.05) is 0 Å². The molecule has 0 aliphatic carbocycles. The normalized spacial score (nSPS) is 0. The monoisotopic (exact) mass is 732 g/mol. The van der Waals surface area contributed by atoms with Crippen molar-refractivity contribution >= 4 is 123 Å². The Hall–Kier alpha value is 5.97. The second-order valence-corrected chi connectivity index (χ2v) is 0. The van der Waals surface area contributed by atoms with Gasteiger partial charge in [-0.05, 0) is 0 Å². The fourth-order valence-corrected chi connectivity index (χ4v) is 0. The summed E-state index contributed by atoms with van der Waals surface area (Å²) < 4.78 is 0. The standard InChI is InChI=1S/Ag.Al.Ca.La.Pb.H2Se.Sn.9H/h;;;;;1H2;;;;;;;;;;. The van der Waals surface area contributed by atoms with Crippen LogP contribution in [0.15, 0.2) is 0 Å². The summed E-state index contributed by atoms with van der Waals surface area (Å²) in [7, 11) is 0. The molecule has 7 heteroatoms. The summed E-state index contributed by atoms with van der Waals surface area (Å²) >= 11 is 0. The van der Waals surface area contributed by atoms with Gasteiger partial charge < -0.3 is 0 Å². The first-order valence-corrected chi connectivity index (χ1v) is 0. The first kappa shape index (κ1) is 52.2. The quantitative estimate of drug-likeness (QED) is 0.220. The van der Waals surface area contributed by atoms with E-state index in [1.165, 1.54) is 0 Å². The van der Waals surface area contributed by atoms with Gasteiger partial charge in [0, 0.05) is 58.0 Å². The topological polar surface area (TPSA) is 0 Å². The Morgan fingerprint density at radius 3 is 1.00 bits per heavy atom. The van der Waals surface area contributed by atoms with Crippen LogP contribution in [0.25, 0.3) is 0 Å². The van der Waals surface area contributed by atoms with Crippen LogP contribution in [0, 0.1) is 35.6 Å². The summed E-state index contributed by atoms with van der Waals surface area (Å²) in [6.07, 6.45) is 0. The molecule has 0 aliphatic heterocycles. The van der Waals surface area contributed by atoms with Crippen LogP contribution < -0.4 is 0 Å². The van der Waals surface area contributed by atoms with Crippen molar-refractivity contribution in [3.63, 3.8) is 0 Å². The Kier molecular flexibility index (Phi) is 301. The van der Waals surface area contributed by atoms with E-state index in [1.54, 1.807) is 0 Å². The van der Waals surface area contributed by atoms with Crippen LogP contribution in [0.3, 0.4) is 0 Å². The van der Waals surface area contributed by atoms with Gasteiger partial charge in [0.25, 0.3) is 0 Å². The van der Waals surface area contributed by atoms with Gasteiger partial charge in [-0.1, -0.05) is 0 Å². The van der Waals surface area contributed by atoms with Gasteiger partial charge >= 0.3 is 106 Å². The van der Waals surface area contributed by atoms with E-state index < -0.39 is 0 Å². The Morgan fingerprint density at radius 2 is 1.00 bits per heavy atom. The maximum atomic E-state index is 0. The van der Waals surface area contributed by atoms with Crippen LogP contribution in [0.2, 0.25) is 0 Å². The number of hydrogen-bond donors (Lipinski definition) is 0. The fourth-order valence-electron chi connectivity index (χ4n) is 0. The van der Waals surface area contributed by atoms with Crippen molar-refractivity contribution in [2.45, 2.75) is 0 Å². The van der Waals surface area contributed by atoms with E-state index >= 15 is 0 Å². The fraction of sp³-hybridized carbons (Fsp3) is 0. The van der Waals surface area contributed by atoms with Crippen molar-refractivity contribution in [2.24, 2.45) is 0 Å². The van der Waals surface area contributed by atoms with Crippen LogP contribution in [-0.2, 0) is 22.4 Å². The van der Waals surface area contributed by atoms with E-state index in [0.29, 0.717) is 0 Å². The zero-order valence-corrected chi connectivity index (χ0v) is 19.5. The molecule has 0 aromatic rings. The zero-order valence-electron chi connectivity index (χ0n) is 2.79. The van der Waals surface area contributed by atoms with Gasteiger partial charge in [0.1, 0.15) is 0 Å². The molecule has 0 nitrogen and oxygen atoms in total. The van der Waals surface area contributed by atoms with Gasteiger partial charge in [-0.2, -0.15) is 0 Å².